The second kappa shape index (κ2) is 8.09. The molecule has 0 saturated heterocycles. The molecular formula is C20H20N4O5. The van der Waals surface area contributed by atoms with E-state index in [9.17, 15) is 9.59 Å². The molecule has 1 unspecified atom stereocenters. The Morgan fingerprint density at radius 2 is 2.10 bits per heavy atom. The van der Waals surface area contributed by atoms with Crippen LogP contribution in [0.5, 0.6) is 11.5 Å². The van der Waals surface area contributed by atoms with Crippen molar-refractivity contribution in [2.24, 2.45) is 5.73 Å². The number of carbonyl (C=O) groups excluding carboxylic acids is 1. The first-order valence-electron chi connectivity index (χ1n) is 9.18. The standard InChI is InChI=1S/C20H20N4O5/c21-19(25)28-14-6-8-17-16(10-14)24(11-13-4-2-1-3-5-13)12-15(27-17)7-9-18-22-23-20(26)29-18/h1-6,8,10,15H,7,9,11-12H2,(H2,21,25)(H,23,26). The van der Waals surface area contributed by atoms with E-state index >= 15 is 0 Å². The Labute approximate surface area is 166 Å². The monoisotopic (exact) mass is 396 g/mol. The SMILES string of the molecule is NC(=O)Oc1ccc2c(c1)N(Cc1ccccc1)CC(CCc1n[nH]c(=O)o1)O2. The largest absolute Gasteiger partial charge is 0.486 e. The molecule has 150 valence electrons. The first-order chi connectivity index (χ1) is 14.1. The van der Waals surface area contributed by atoms with Crippen molar-refractivity contribution >= 4 is 11.8 Å². The zero-order valence-corrected chi connectivity index (χ0v) is 15.5. The van der Waals surface area contributed by atoms with Crippen LogP contribution >= 0.6 is 0 Å². The topological polar surface area (TPSA) is 124 Å². The minimum Gasteiger partial charge on any atom is -0.486 e. The molecule has 0 bridgehead atoms. The maximum absolute atomic E-state index is 11.1. The van der Waals surface area contributed by atoms with Gasteiger partial charge in [0.2, 0.25) is 5.89 Å². The lowest BCUT2D eigenvalue weighted by molar-refractivity contribution is 0.179. The van der Waals surface area contributed by atoms with E-state index in [-0.39, 0.29) is 6.10 Å². The first-order valence-corrected chi connectivity index (χ1v) is 9.18. The van der Waals surface area contributed by atoms with Crippen LogP contribution in [0.4, 0.5) is 10.5 Å². The number of nitrogens with one attached hydrogen (secondary N) is 1. The number of aromatic amines is 1. The van der Waals surface area contributed by atoms with Crippen molar-refractivity contribution in [2.45, 2.75) is 25.5 Å². The third-order valence-electron chi connectivity index (χ3n) is 4.59. The van der Waals surface area contributed by atoms with E-state index in [2.05, 4.69) is 15.1 Å². The van der Waals surface area contributed by atoms with Gasteiger partial charge in [-0.25, -0.2) is 14.7 Å². The number of ether oxygens (including phenoxy) is 2. The van der Waals surface area contributed by atoms with Crippen LogP contribution in [-0.4, -0.2) is 28.9 Å². The zero-order valence-electron chi connectivity index (χ0n) is 15.5. The van der Waals surface area contributed by atoms with Gasteiger partial charge >= 0.3 is 11.8 Å². The van der Waals surface area contributed by atoms with Crippen molar-refractivity contribution in [2.75, 3.05) is 11.4 Å². The molecule has 9 nitrogen and oxygen atoms in total. The van der Waals surface area contributed by atoms with E-state index in [1.165, 1.54) is 0 Å². The molecule has 2 aromatic carbocycles. The Morgan fingerprint density at radius 1 is 1.28 bits per heavy atom. The molecule has 1 aliphatic rings. The maximum atomic E-state index is 11.1. The molecule has 9 heteroatoms. The summed E-state index contributed by atoms with van der Waals surface area (Å²) in [4.78, 5) is 24.4. The summed E-state index contributed by atoms with van der Waals surface area (Å²) >= 11 is 0. The fourth-order valence-electron chi connectivity index (χ4n) is 3.34. The number of anilines is 1. The average molecular weight is 396 g/mol. The lowest BCUT2D eigenvalue weighted by Gasteiger charge is -2.36. The van der Waals surface area contributed by atoms with Crippen LogP contribution in [0, 0.1) is 0 Å². The molecule has 0 fully saturated rings. The molecule has 2 heterocycles. The number of aryl methyl sites for hydroxylation is 1. The van der Waals surface area contributed by atoms with Gasteiger partial charge < -0.3 is 24.5 Å². The van der Waals surface area contributed by atoms with Gasteiger partial charge in [0.15, 0.2) is 0 Å². The summed E-state index contributed by atoms with van der Waals surface area (Å²) in [6.07, 6.45) is 0.101. The average Bonchev–Trinajstić information content (AvgIpc) is 3.12. The molecule has 0 aliphatic carbocycles. The molecular weight excluding hydrogens is 376 g/mol. The zero-order chi connectivity index (χ0) is 20.2. The molecule has 4 rings (SSSR count). The van der Waals surface area contributed by atoms with Crippen molar-refractivity contribution < 1.29 is 18.7 Å². The van der Waals surface area contributed by atoms with E-state index in [1.807, 2.05) is 30.3 Å². The number of H-pyrrole nitrogens is 1. The number of fused-ring (bicyclic) bond motifs is 1. The number of amides is 1. The highest BCUT2D eigenvalue weighted by Gasteiger charge is 2.27. The Bertz CT molecular complexity index is 1050. The third-order valence-corrected chi connectivity index (χ3v) is 4.59. The predicted molar refractivity (Wildman–Crippen MR) is 104 cm³/mol. The van der Waals surface area contributed by atoms with Gasteiger partial charge in [0.1, 0.15) is 17.6 Å². The lowest BCUT2D eigenvalue weighted by Crippen LogP contribution is -2.40. The molecule has 1 aromatic heterocycles. The highest BCUT2D eigenvalue weighted by Crippen LogP contribution is 2.38. The number of rotatable bonds is 6. The fourth-order valence-corrected chi connectivity index (χ4v) is 3.34. The van der Waals surface area contributed by atoms with E-state index in [0.717, 1.165) is 11.3 Å². The summed E-state index contributed by atoms with van der Waals surface area (Å²) in [6, 6.07) is 15.2. The lowest BCUT2D eigenvalue weighted by atomic mass is 10.1. The number of nitrogens with zero attached hydrogens (tertiary/aromatic N) is 2. The van der Waals surface area contributed by atoms with E-state index < -0.39 is 11.8 Å². The van der Waals surface area contributed by atoms with Crippen molar-refractivity contribution in [3.8, 4) is 11.5 Å². The molecule has 1 aliphatic heterocycles. The highest BCUT2D eigenvalue weighted by atomic mass is 16.5. The molecule has 3 N–H and O–H groups in total. The van der Waals surface area contributed by atoms with E-state index in [0.29, 0.717) is 43.3 Å². The minimum atomic E-state index is -0.866. The molecule has 29 heavy (non-hydrogen) atoms. The van der Waals surface area contributed by atoms with Crippen molar-refractivity contribution in [3.05, 3.63) is 70.5 Å². The summed E-state index contributed by atoms with van der Waals surface area (Å²) in [7, 11) is 0. The highest BCUT2D eigenvalue weighted by molar-refractivity contribution is 5.70. The summed E-state index contributed by atoms with van der Waals surface area (Å²) in [5.41, 5.74) is 7.08. The Morgan fingerprint density at radius 3 is 2.83 bits per heavy atom. The van der Waals surface area contributed by atoms with Crippen LogP contribution < -0.4 is 25.9 Å². The van der Waals surface area contributed by atoms with Crippen LogP contribution in [0.25, 0.3) is 0 Å². The summed E-state index contributed by atoms with van der Waals surface area (Å²) in [6.45, 7) is 1.27. The quantitative estimate of drug-likeness (QED) is 0.655. The number of primary amides is 1. The maximum Gasteiger partial charge on any atom is 0.434 e. The van der Waals surface area contributed by atoms with Gasteiger partial charge in [-0.1, -0.05) is 30.3 Å². The summed E-state index contributed by atoms with van der Waals surface area (Å²) < 4.78 is 16.1. The molecule has 1 amide bonds. The fraction of sp³-hybridized carbons (Fsp3) is 0.250. The van der Waals surface area contributed by atoms with Gasteiger partial charge in [-0.2, -0.15) is 0 Å². The number of aromatic nitrogens is 2. The molecule has 0 saturated carbocycles. The Hall–Kier alpha value is -3.75. The van der Waals surface area contributed by atoms with Gasteiger partial charge in [0.05, 0.1) is 12.2 Å². The van der Waals surface area contributed by atoms with Crippen molar-refractivity contribution in [1.29, 1.82) is 0 Å². The Kier molecular flexibility index (Phi) is 5.19. The number of hydrogen-bond acceptors (Lipinski definition) is 7. The van der Waals surface area contributed by atoms with Crippen LogP contribution in [0.3, 0.4) is 0 Å². The number of benzene rings is 2. The summed E-state index contributed by atoms with van der Waals surface area (Å²) in [5.74, 6) is 0.818. The van der Waals surface area contributed by atoms with Gasteiger partial charge in [-0.05, 0) is 24.1 Å². The van der Waals surface area contributed by atoms with Crippen LogP contribution in [0.2, 0.25) is 0 Å². The van der Waals surface area contributed by atoms with Gasteiger partial charge in [0, 0.05) is 19.0 Å². The summed E-state index contributed by atoms with van der Waals surface area (Å²) in [5, 5.41) is 6.10. The molecule has 1 atom stereocenters. The third kappa shape index (κ3) is 4.57. The molecule has 0 spiro atoms. The minimum absolute atomic E-state index is 0.129. The van der Waals surface area contributed by atoms with Crippen LogP contribution in [0.1, 0.15) is 17.9 Å². The van der Waals surface area contributed by atoms with Crippen LogP contribution in [-0.2, 0) is 13.0 Å². The smallest absolute Gasteiger partial charge is 0.434 e. The van der Waals surface area contributed by atoms with E-state index in [4.69, 9.17) is 19.6 Å². The van der Waals surface area contributed by atoms with Gasteiger partial charge in [-0.15, -0.1) is 5.10 Å². The van der Waals surface area contributed by atoms with Crippen molar-refractivity contribution in [3.63, 3.8) is 0 Å². The number of carbonyl (C=O) groups is 1. The normalized spacial score (nSPS) is 15.4. The molecule has 3 aromatic rings. The second-order valence-electron chi connectivity index (χ2n) is 6.70. The van der Waals surface area contributed by atoms with Crippen LogP contribution in [0.15, 0.2) is 57.7 Å². The number of nitrogens with two attached hydrogens (primary N) is 1. The number of hydrogen-bond donors (Lipinski definition) is 2. The predicted octanol–water partition coefficient (Wildman–Crippen LogP) is 2.22. The van der Waals surface area contributed by atoms with Gasteiger partial charge in [0.25, 0.3) is 0 Å². The van der Waals surface area contributed by atoms with E-state index in [1.54, 1.807) is 18.2 Å². The van der Waals surface area contributed by atoms with Crippen molar-refractivity contribution in [1.82, 2.24) is 10.2 Å². The molecule has 0 radical (unpaired) electrons. The Balaban J connectivity index is 1.56. The van der Waals surface area contributed by atoms with Gasteiger partial charge in [-0.3, -0.25) is 0 Å². The first kappa shape index (κ1) is 18.6. The second-order valence-corrected chi connectivity index (χ2v) is 6.70.